The van der Waals surface area contributed by atoms with Crippen LogP contribution in [0.4, 0.5) is 13.2 Å². The highest BCUT2D eigenvalue weighted by Gasteiger charge is 2.26. The minimum absolute atomic E-state index is 0.214. The van der Waals surface area contributed by atoms with Crippen LogP contribution < -0.4 is 10.6 Å². The van der Waals surface area contributed by atoms with E-state index in [2.05, 4.69) is 20.8 Å². The van der Waals surface area contributed by atoms with Crippen molar-refractivity contribution in [2.24, 2.45) is 4.99 Å². The summed E-state index contributed by atoms with van der Waals surface area (Å²) in [4.78, 5) is 3.89. The number of hydrogen-bond donors (Lipinski definition) is 2. The second-order valence-electron chi connectivity index (χ2n) is 4.46. The van der Waals surface area contributed by atoms with E-state index in [0.29, 0.717) is 18.9 Å². The minimum Gasteiger partial charge on any atom is -0.361 e. The molecule has 8 heteroatoms. The van der Waals surface area contributed by atoms with Gasteiger partial charge in [0.15, 0.2) is 5.96 Å². The second kappa shape index (κ2) is 7.90. The van der Waals surface area contributed by atoms with Crippen molar-refractivity contribution in [2.75, 3.05) is 13.6 Å². The first-order valence-electron chi connectivity index (χ1n) is 6.88. The average Bonchev–Trinajstić information content (AvgIpc) is 2.83. The predicted octanol–water partition coefficient (Wildman–Crippen LogP) is 2.42. The first-order valence-corrected chi connectivity index (χ1v) is 6.88. The topological polar surface area (TPSA) is 62.5 Å². The number of nitrogens with zero attached hydrogens (tertiary/aromatic N) is 2. The first-order chi connectivity index (χ1) is 9.91. The van der Waals surface area contributed by atoms with E-state index in [4.69, 9.17) is 4.52 Å². The van der Waals surface area contributed by atoms with Crippen molar-refractivity contribution in [3.05, 3.63) is 17.0 Å². The maximum absolute atomic E-state index is 12.1. The zero-order valence-electron chi connectivity index (χ0n) is 12.5. The summed E-state index contributed by atoms with van der Waals surface area (Å²) in [7, 11) is 1.51. The van der Waals surface area contributed by atoms with Crippen molar-refractivity contribution in [2.45, 2.75) is 45.8 Å². The van der Waals surface area contributed by atoms with Gasteiger partial charge in [-0.3, -0.25) is 4.99 Å². The second-order valence-corrected chi connectivity index (χ2v) is 4.46. The van der Waals surface area contributed by atoms with Crippen LogP contribution in [-0.2, 0) is 19.4 Å². The Morgan fingerprint density at radius 2 is 1.95 bits per heavy atom. The van der Waals surface area contributed by atoms with Crippen LogP contribution in [0, 0.1) is 0 Å². The molecule has 0 bridgehead atoms. The molecule has 1 aromatic heterocycles. The van der Waals surface area contributed by atoms with Gasteiger partial charge in [-0.25, -0.2) is 0 Å². The highest BCUT2D eigenvalue weighted by Crippen LogP contribution is 2.18. The third kappa shape index (κ3) is 5.65. The zero-order chi connectivity index (χ0) is 15.9. The lowest BCUT2D eigenvalue weighted by Gasteiger charge is -2.13. The summed E-state index contributed by atoms with van der Waals surface area (Å²) in [6, 6.07) is 0. The normalized spacial score (nSPS) is 12.6. The maximum Gasteiger partial charge on any atom is 0.390 e. The molecule has 0 aliphatic rings. The summed E-state index contributed by atoms with van der Waals surface area (Å²) in [6.07, 6.45) is -3.63. The molecule has 0 fully saturated rings. The van der Waals surface area contributed by atoms with E-state index in [1.807, 2.05) is 13.8 Å². The van der Waals surface area contributed by atoms with Crippen molar-refractivity contribution in [3.8, 4) is 0 Å². The fraction of sp³-hybridized carbons (Fsp3) is 0.692. The number of nitrogens with one attached hydrogen (secondary N) is 2. The molecule has 0 aliphatic carbocycles. The molecule has 0 saturated heterocycles. The molecule has 0 spiro atoms. The van der Waals surface area contributed by atoms with Gasteiger partial charge < -0.3 is 15.2 Å². The van der Waals surface area contributed by atoms with E-state index in [9.17, 15) is 13.2 Å². The van der Waals surface area contributed by atoms with Gasteiger partial charge in [0.2, 0.25) is 0 Å². The van der Waals surface area contributed by atoms with Gasteiger partial charge in [0.1, 0.15) is 5.76 Å². The molecule has 0 saturated carbocycles. The van der Waals surface area contributed by atoms with E-state index >= 15 is 0 Å². The molecule has 1 rings (SSSR count). The molecule has 1 aromatic rings. The third-order valence-electron chi connectivity index (χ3n) is 2.96. The van der Waals surface area contributed by atoms with Crippen LogP contribution in [0.3, 0.4) is 0 Å². The molecule has 0 atom stereocenters. The smallest absolute Gasteiger partial charge is 0.361 e. The predicted molar refractivity (Wildman–Crippen MR) is 74.1 cm³/mol. The summed E-state index contributed by atoms with van der Waals surface area (Å²) in [5, 5.41) is 9.59. The van der Waals surface area contributed by atoms with Crippen LogP contribution in [0.25, 0.3) is 0 Å². The lowest BCUT2D eigenvalue weighted by Crippen LogP contribution is -2.38. The number of guanidine groups is 1. The van der Waals surface area contributed by atoms with Gasteiger partial charge in [0, 0.05) is 32.1 Å². The molecule has 1 heterocycles. The van der Waals surface area contributed by atoms with E-state index in [-0.39, 0.29) is 6.54 Å². The van der Waals surface area contributed by atoms with Crippen LogP contribution in [-0.4, -0.2) is 30.9 Å². The Hall–Kier alpha value is -1.73. The van der Waals surface area contributed by atoms with Crippen LogP contribution in [0.15, 0.2) is 9.52 Å². The Morgan fingerprint density at radius 1 is 1.24 bits per heavy atom. The molecule has 21 heavy (non-hydrogen) atoms. The number of rotatable bonds is 6. The number of hydrogen-bond acceptors (Lipinski definition) is 3. The van der Waals surface area contributed by atoms with E-state index in [0.717, 1.165) is 23.4 Å². The van der Waals surface area contributed by atoms with Crippen LogP contribution in [0.1, 0.15) is 37.3 Å². The highest BCUT2D eigenvalue weighted by molar-refractivity contribution is 5.79. The van der Waals surface area contributed by atoms with Crippen LogP contribution in [0.2, 0.25) is 0 Å². The molecule has 0 aliphatic heterocycles. The standard InChI is InChI=1S/C13H21F3N4O/c1-4-10-9(11(5-2)21-20-10)8-19-12(17-3)18-7-6-13(14,15)16/h4-8H2,1-3H3,(H2,17,18,19). The van der Waals surface area contributed by atoms with Gasteiger partial charge in [-0.05, 0) is 6.42 Å². The van der Waals surface area contributed by atoms with Gasteiger partial charge in [-0.15, -0.1) is 0 Å². The number of aryl methyl sites for hydroxylation is 2. The molecule has 0 amide bonds. The third-order valence-corrected chi connectivity index (χ3v) is 2.96. The molecule has 2 N–H and O–H groups in total. The van der Waals surface area contributed by atoms with Crippen LogP contribution in [0.5, 0.6) is 0 Å². The van der Waals surface area contributed by atoms with Crippen molar-refractivity contribution >= 4 is 5.96 Å². The Bertz CT molecular complexity index is 447. The Kier molecular flexibility index (Phi) is 6.51. The Morgan fingerprint density at radius 3 is 2.48 bits per heavy atom. The summed E-state index contributed by atoms with van der Waals surface area (Å²) in [5.41, 5.74) is 1.80. The van der Waals surface area contributed by atoms with Gasteiger partial charge in [-0.2, -0.15) is 13.2 Å². The maximum atomic E-state index is 12.1. The Balaban J connectivity index is 2.54. The molecule has 120 valence electrons. The molecule has 0 radical (unpaired) electrons. The summed E-state index contributed by atoms with van der Waals surface area (Å²) in [5.74, 6) is 1.11. The van der Waals surface area contributed by atoms with Crippen LogP contribution >= 0.6 is 0 Å². The van der Waals surface area contributed by atoms with E-state index < -0.39 is 12.6 Å². The molecular formula is C13H21F3N4O. The monoisotopic (exact) mass is 306 g/mol. The van der Waals surface area contributed by atoms with E-state index in [1.165, 1.54) is 7.05 Å². The summed E-state index contributed by atoms with van der Waals surface area (Å²) in [6.45, 7) is 4.13. The van der Waals surface area contributed by atoms with Crippen molar-refractivity contribution < 1.29 is 17.7 Å². The lowest BCUT2D eigenvalue weighted by atomic mass is 10.1. The molecule has 5 nitrogen and oxygen atoms in total. The van der Waals surface area contributed by atoms with Crippen molar-refractivity contribution in [1.29, 1.82) is 0 Å². The Labute approximate surface area is 122 Å². The number of aromatic nitrogens is 1. The minimum atomic E-state index is -4.18. The molecule has 0 aromatic carbocycles. The summed E-state index contributed by atoms with van der Waals surface area (Å²) < 4.78 is 41.5. The fourth-order valence-electron chi connectivity index (χ4n) is 1.85. The van der Waals surface area contributed by atoms with Gasteiger partial charge >= 0.3 is 6.18 Å². The van der Waals surface area contributed by atoms with Crippen molar-refractivity contribution in [3.63, 3.8) is 0 Å². The van der Waals surface area contributed by atoms with Gasteiger partial charge in [-0.1, -0.05) is 19.0 Å². The van der Waals surface area contributed by atoms with Gasteiger partial charge in [0.25, 0.3) is 0 Å². The summed E-state index contributed by atoms with van der Waals surface area (Å²) >= 11 is 0. The number of alkyl halides is 3. The van der Waals surface area contributed by atoms with Gasteiger partial charge in [0.05, 0.1) is 12.1 Å². The highest BCUT2D eigenvalue weighted by atomic mass is 19.4. The molecule has 0 unspecified atom stereocenters. The quantitative estimate of drug-likeness (QED) is 0.626. The fourth-order valence-corrected chi connectivity index (χ4v) is 1.85. The van der Waals surface area contributed by atoms with Crippen molar-refractivity contribution in [1.82, 2.24) is 15.8 Å². The first kappa shape index (κ1) is 17.3. The molecular weight excluding hydrogens is 285 g/mol. The largest absolute Gasteiger partial charge is 0.390 e. The number of halogens is 3. The SMILES string of the molecule is CCc1noc(CC)c1CNC(=NC)NCCC(F)(F)F. The zero-order valence-corrected chi connectivity index (χ0v) is 12.5. The average molecular weight is 306 g/mol. The lowest BCUT2D eigenvalue weighted by molar-refractivity contribution is -0.132. The van der Waals surface area contributed by atoms with E-state index in [1.54, 1.807) is 0 Å². The number of aliphatic imine (C=N–C) groups is 1.